The van der Waals surface area contributed by atoms with Gasteiger partial charge in [-0.05, 0) is 48.5 Å². The van der Waals surface area contributed by atoms with Crippen molar-refractivity contribution in [3.05, 3.63) is 60.2 Å². The van der Waals surface area contributed by atoms with Crippen LogP contribution in [0.2, 0.25) is 0 Å². The predicted octanol–water partition coefficient (Wildman–Crippen LogP) is 4.54. The second-order valence-electron chi connectivity index (χ2n) is 4.64. The van der Waals surface area contributed by atoms with E-state index in [-0.39, 0.29) is 0 Å². The van der Waals surface area contributed by atoms with Crippen molar-refractivity contribution >= 4 is 50.6 Å². The average molecular weight is 311 g/mol. The highest BCUT2D eigenvalue weighted by Crippen LogP contribution is 2.30. The van der Waals surface area contributed by atoms with E-state index in [2.05, 4.69) is 4.99 Å². The molecule has 104 valence electrons. The first-order valence-corrected chi connectivity index (χ1v) is 7.69. The zero-order valence-corrected chi connectivity index (χ0v) is 13.0. The van der Waals surface area contributed by atoms with Crippen molar-refractivity contribution in [1.29, 1.82) is 5.41 Å². The highest BCUT2D eigenvalue weighted by Gasteiger charge is 2.31. The summed E-state index contributed by atoms with van der Waals surface area (Å²) < 4.78 is 0.639. The van der Waals surface area contributed by atoms with Crippen LogP contribution in [0.15, 0.2) is 59.6 Å². The Balaban J connectivity index is 1.94. The smallest absolute Gasteiger partial charge is 0.164 e. The van der Waals surface area contributed by atoms with Crippen LogP contribution in [0.5, 0.6) is 0 Å². The van der Waals surface area contributed by atoms with Gasteiger partial charge in [0.1, 0.15) is 5.04 Å². The van der Waals surface area contributed by atoms with Gasteiger partial charge in [-0.1, -0.05) is 42.5 Å². The fourth-order valence-corrected chi connectivity index (χ4v) is 3.29. The second kappa shape index (κ2) is 5.79. The lowest BCUT2D eigenvalue weighted by Crippen LogP contribution is -2.28. The Morgan fingerprint density at radius 2 is 1.86 bits per heavy atom. The van der Waals surface area contributed by atoms with Gasteiger partial charge in [0, 0.05) is 5.69 Å². The maximum Gasteiger partial charge on any atom is 0.164 e. The Hall–Kier alpha value is -1.98. The molecule has 1 N–H and O–H groups in total. The van der Waals surface area contributed by atoms with E-state index in [1.807, 2.05) is 61.5 Å². The Labute approximate surface area is 133 Å². The number of hydrogen-bond acceptors (Lipinski definition) is 4. The van der Waals surface area contributed by atoms with Crippen LogP contribution in [0.4, 0.5) is 11.4 Å². The van der Waals surface area contributed by atoms with Gasteiger partial charge in [0.15, 0.2) is 10.2 Å². The van der Waals surface area contributed by atoms with Crippen molar-refractivity contribution in [2.45, 2.75) is 6.92 Å². The van der Waals surface area contributed by atoms with Crippen LogP contribution < -0.4 is 4.90 Å². The van der Waals surface area contributed by atoms with Gasteiger partial charge in [0.2, 0.25) is 0 Å². The number of anilines is 1. The summed E-state index contributed by atoms with van der Waals surface area (Å²) in [5.41, 5.74) is 2.89. The fraction of sp³-hybridized carbons (Fsp3) is 0.0625. The lowest BCUT2D eigenvalue weighted by Gasteiger charge is -2.16. The molecular formula is C16H13N3S2. The van der Waals surface area contributed by atoms with E-state index in [1.165, 1.54) is 11.8 Å². The van der Waals surface area contributed by atoms with Crippen LogP contribution >= 0.6 is 24.0 Å². The number of aryl methyl sites for hydroxylation is 1. The third-order valence-corrected chi connectivity index (χ3v) is 4.31. The summed E-state index contributed by atoms with van der Waals surface area (Å²) in [5, 5.41) is 8.97. The van der Waals surface area contributed by atoms with Crippen molar-refractivity contribution in [1.82, 2.24) is 0 Å². The van der Waals surface area contributed by atoms with Crippen molar-refractivity contribution in [3.8, 4) is 0 Å². The first-order chi connectivity index (χ1) is 10.1. The molecule has 0 saturated carbocycles. The number of aliphatic imine (C=N–C) groups is 1. The minimum Gasteiger partial charge on any atom is -0.282 e. The highest BCUT2D eigenvalue weighted by molar-refractivity contribution is 8.35. The van der Waals surface area contributed by atoms with Crippen molar-refractivity contribution in [2.24, 2.45) is 4.99 Å². The molecule has 1 aliphatic heterocycles. The van der Waals surface area contributed by atoms with Gasteiger partial charge in [-0.15, -0.1) is 0 Å². The maximum atomic E-state index is 8.34. The summed E-state index contributed by atoms with van der Waals surface area (Å²) >= 11 is 6.76. The SMILES string of the molecule is Cc1cccc(N2C(=N)C(=Nc3ccccc3)SC2=S)c1. The number of thiocarbonyl (C=S) groups is 1. The number of para-hydroxylation sites is 1. The number of rotatable bonds is 2. The largest absolute Gasteiger partial charge is 0.282 e. The number of nitrogens with one attached hydrogen (secondary N) is 1. The Bertz CT molecular complexity index is 738. The normalized spacial score (nSPS) is 16.8. The summed E-state index contributed by atoms with van der Waals surface area (Å²) in [6.07, 6.45) is 0. The summed E-state index contributed by atoms with van der Waals surface area (Å²) in [5.74, 6) is 0.333. The standard InChI is InChI=1S/C16H13N3S2/c1-11-6-5-9-13(10-11)19-14(17)15(21-16(19)20)18-12-7-3-2-4-8-12/h2-10,17H,1H3. The van der Waals surface area contributed by atoms with E-state index in [9.17, 15) is 0 Å². The number of hydrogen-bond donors (Lipinski definition) is 1. The molecule has 0 atom stereocenters. The summed E-state index contributed by atoms with van der Waals surface area (Å²) in [7, 11) is 0. The van der Waals surface area contributed by atoms with Gasteiger partial charge >= 0.3 is 0 Å². The molecule has 0 spiro atoms. The lowest BCUT2D eigenvalue weighted by atomic mass is 10.2. The van der Waals surface area contributed by atoms with E-state index >= 15 is 0 Å². The van der Waals surface area contributed by atoms with Gasteiger partial charge in [0.05, 0.1) is 5.69 Å². The van der Waals surface area contributed by atoms with Gasteiger partial charge in [0.25, 0.3) is 0 Å². The van der Waals surface area contributed by atoms with Crippen molar-refractivity contribution < 1.29 is 0 Å². The Morgan fingerprint density at radius 3 is 2.57 bits per heavy atom. The topological polar surface area (TPSA) is 39.5 Å². The predicted molar refractivity (Wildman–Crippen MR) is 95.1 cm³/mol. The molecule has 0 amide bonds. The molecule has 3 rings (SSSR count). The van der Waals surface area contributed by atoms with Gasteiger partial charge in [-0.25, -0.2) is 4.99 Å². The molecule has 1 fully saturated rings. The number of benzene rings is 2. The van der Waals surface area contributed by atoms with Crippen LogP contribution in [-0.2, 0) is 0 Å². The van der Waals surface area contributed by atoms with Gasteiger partial charge in [-0.2, -0.15) is 0 Å². The third kappa shape index (κ3) is 2.89. The lowest BCUT2D eigenvalue weighted by molar-refractivity contribution is 1.37. The zero-order chi connectivity index (χ0) is 14.8. The molecule has 0 aliphatic carbocycles. The molecule has 2 aromatic rings. The fourth-order valence-electron chi connectivity index (χ4n) is 2.06. The molecule has 21 heavy (non-hydrogen) atoms. The van der Waals surface area contributed by atoms with E-state index in [0.717, 1.165) is 16.9 Å². The molecule has 3 nitrogen and oxygen atoms in total. The third-order valence-electron chi connectivity index (χ3n) is 3.04. The minimum atomic E-state index is 0.333. The van der Waals surface area contributed by atoms with Crippen molar-refractivity contribution in [2.75, 3.05) is 4.90 Å². The maximum absolute atomic E-state index is 8.34. The van der Waals surface area contributed by atoms with E-state index in [1.54, 1.807) is 4.90 Å². The van der Waals surface area contributed by atoms with Crippen LogP contribution in [0.25, 0.3) is 0 Å². The summed E-state index contributed by atoms with van der Waals surface area (Å²) in [6.45, 7) is 2.03. The van der Waals surface area contributed by atoms with Gasteiger partial charge in [-0.3, -0.25) is 10.3 Å². The first-order valence-electron chi connectivity index (χ1n) is 6.46. The summed E-state index contributed by atoms with van der Waals surface area (Å²) in [6, 6.07) is 17.6. The number of nitrogens with zero attached hydrogens (tertiary/aromatic N) is 2. The number of amidine groups is 1. The van der Waals surface area contributed by atoms with E-state index < -0.39 is 0 Å². The monoisotopic (exact) mass is 311 g/mol. The Morgan fingerprint density at radius 1 is 1.10 bits per heavy atom. The minimum absolute atomic E-state index is 0.333. The van der Waals surface area contributed by atoms with Crippen LogP contribution in [-0.4, -0.2) is 15.2 Å². The van der Waals surface area contributed by atoms with Crippen LogP contribution in [0, 0.1) is 12.3 Å². The number of thioether (sulfide) groups is 1. The molecule has 1 saturated heterocycles. The summed E-state index contributed by atoms with van der Waals surface area (Å²) in [4.78, 5) is 6.27. The molecule has 2 aromatic carbocycles. The molecule has 0 unspecified atom stereocenters. The molecule has 1 aliphatic rings. The molecule has 0 aromatic heterocycles. The van der Waals surface area contributed by atoms with Gasteiger partial charge < -0.3 is 0 Å². The van der Waals surface area contributed by atoms with E-state index in [0.29, 0.717) is 15.2 Å². The quantitative estimate of drug-likeness (QED) is 0.828. The Kier molecular flexibility index (Phi) is 3.86. The van der Waals surface area contributed by atoms with Crippen molar-refractivity contribution in [3.63, 3.8) is 0 Å². The van der Waals surface area contributed by atoms with Crippen LogP contribution in [0.3, 0.4) is 0 Å². The molecule has 0 bridgehead atoms. The zero-order valence-electron chi connectivity index (χ0n) is 11.4. The first kappa shape index (κ1) is 14.0. The second-order valence-corrected chi connectivity index (χ2v) is 6.27. The average Bonchev–Trinajstić information content (AvgIpc) is 2.74. The molecule has 0 radical (unpaired) electrons. The van der Waals surface area contributed by atoms with E-state index in [4.69, 9.17) is 17.6 Å². The highest BCUT2D eigenvalue weighted by atomic mass is 32.2. The molecule has 1 heterocycles. The molecular weight excluding hydrogens is 298 g/mol. The van der Waals surface area contributed by atoms with Crippen LogP contribution in [0.1, 0.15) is 5.56 Å². The molecule has 5 heteroatoms.